The summed E-state index contributed by atoms with van der Waals surface area (Å²) in [6.45, 7) is 0.796. The highest BCUT2D eigenvalue weighted by atomic mass is 16.5. The van der Waals surface area contributed by atoms with E-state index >= 15 is 0 Å². The molecule has 0 aliphatic heterocycles. The predicted molar refractivity (Wildman–Crippen MR) is 265 cm³/mol. The van der Waals surface area contributed by atoms with Crippen LogP contribution >= 0.6 is 0 Å². The molecule has 69 heavy (non-hydrogen) atoms. The average molecular weight is 917 g/mol. The Morgan fingerprint density at radius 3 is 1.55 bits per heavy atom. The van der Waals surface area contributed by atoms with Crippen molar-refractivity contribution in [1.82, 2.24) is 39.5 Å². The Balaban J connectivity index is 0.000000183. The number of carbonyl (C=O) groups excluding carboxylic acids is 2. The third-order valence-electron chi connectivity index (χ3n) is 11.0. The SMILES string of the molecule is C.COC(=O)Cn1cc(-c2ccncc2)c(-c2ccc(OCc3ccc4ccccc4n3)cc2)n1.COC(=O)Cn1ncc(-c2ccncc2)c1-c1ccc(OCc2ccc3ccccc3n2)cc1. The lowest BCUT2D eigenvalue weighted by Crippen LogP contribution is -2.13. The molecule has 0 bridgehead atoms. The highest BCUT2D eigenvalue weighted by Gasteiger charge is 2.18. The van der Waals surface area contributed by atoms with Crippen molar-refractivity contribution in [3.8, 4) is 56.3 Å². The Bertz CT molecular complexity index is 3270. The molecule has 6 heterocycles. The molecule has 10 rings (SSSR count). The Morgan fingerprint density at radius 1 is 0.522 bits per heavy atom. The molecular formula is C55H48N8O6. The smallest absolute Gasteiger partial charge is 0.327 e. The molecule has 14 nitrogen and oxygen atoms in total. The molecule has 0 amide bonds. The van der Waals surface area contributed by atoms with Crippen LogP contribution in [-0.4, -0.2) is 65.7 Å². The largest absolute Gasteiger partial charge is 0.487 e. The summed E-state index contributed by atoms with van der Waals surface area (Å²) in [5.74, 6) is 0.733. The van der Waals surface area contributed by atoms with Gasteiger partial charge in [-0.15, -0.1) is 0 Å². The molecule has 0 spiro atoms. The van der Waals surface area contributed by atoms with E-state index in [0.717, 1.165) is 89.5 Å². The number of methoxy groups -OCH3 is 2. The molecule has 0 saturated heterocycles. The summed E-state index contributed by atoms with van der Waals surface area (Å²) in [4.78, 5) is 41.2. The number of esters is 2. The molecule has 344 valence electrons. The van der Waals surface area contributed by atoms with Gasteiger partial charge in [0.15, 0.2) is 0 Å². The van der Waals surface area contributed by atoms with E-state index in [-0.39, 0.29) is 32.5 Å². The molecule has 0 saturated carbocycles. The lowest BCUT2D eigenvalue weighted by atomic mass is 10.0. The molecule has 0 radical (unpaired) electrons. The number of rotatable bonds is 14. The van der Waals surface area contributed by atoms with Crippen molar-refractivity contribution in [1.29, 1.82) is 0 Å². The summed E-state index contributed by atoms with van der Waals surface area (Å²) in [7, 11) is 2.73. The second-order valence-corrected chi connectivity index (χ2v) is 15.4. The Morgan fingerprint density at radius 2 is 1.01 bits per heavy atom. The second-order valence-electron chi connectivity index (χ2n) is 15.4. The maximum atomic E-state index is 11.9. The summed E-state index contributed by atoms with van der Waals surface area (Å²) in [6, 6.07) is 47.2. The number of aromatic nitrogens is 8. The van der Waals surface area contributed by atoms with E-state index in [2.05, 4.69) is 36.2 Å². The van der Waals surface area contributed by atoms with Crippen molar-refractivity contribution >= 4 is 33.7 Å². The van der Waals surface area contributed by atoms with Gasteiger partial charge < -0.3 is 18.9 Å². The van der Waals surface area contributed by atoms with Crippen LogP contribution in [0.4, 0.5) is 0 Å². The van der Waals surface area contributed by atoms with Crippen molar-refractivity contribution in [3.05, 3.63) is 194 Å². The molecule has 0 fully saturated rings. The fourth-order valence-electron chi connectivity index (χ4n) is 7.50. The maximum Gasteiger partial charge on any atom is 0.327 e. The van der Waals surface area contributed by atoms with Crippen molar-refractivity contribution in [2.45, 2.75) is 33.7 Å². The Kier molecular flexibility index (Phi) is 14.8. The highest BCUT2D eigenvalue weighted by molar-refractivity contribution is 5.83. The van der Waals surface area contributed by atoms with Crippen LogP contribution in [0.3, 0.4) is 0 Å². The Labute approximate surface area is 398 Å². The monoisotopic (exact) mass is 916 g/mol. The molecule has 6 aromatic heterocycles. The second kappa shape index (κ2) is 22.0. The minimum Gasteiger partial charge on any atom is -0.487 e. The van der Waals surface area contributed by atoms with Gasteiger partial charge in [-0.1, -0.05) is 56.0 Å². The van der Waals surface area contributed by atoms with Gasteiger partial charge in [0.05, 0.1) is 48.5 Å². The van der Waals surface area contributed by atoms with E-state index in [4.69, 9.17) is 18.9 Å². The molecule has 0 atom stereocenters. The molecule has 0 unspecified atom stereocenters. The number of hydrogen-bond donors (Lipinski definition) is 0. The number of carbonyl (C=O) groups is 2. The normalized spacial score (nSPS) is 10.7. The van der Waals surface area contributed by atoms with Crippen LogP contribution in [-0.2, 0) is 45.4 Å². The lowest BCUT2D eigenvalue weighted by molar-refractivity contribution is -0.142. The van der Waals surface area contributed by atoms with Crippen molar-refractivity contribution < 1.29 is 28.5 Å². The lowest BCUT2D eigenvalue weighted by Gasteiger charge is -2.11. The third kappa shape index (κ3) is 11.3. The number of ether oxygens (including phenoxy) is 4. The van der Waals surface area contributed by atoms with Crippen LogP contribution in [0.25, 0.3) is 66.6 Å². The average Bonchev–Trinajstić information content (AvgIpc) is 4.02. The van der Waals surface area contributed by atoms with Crippen LogP contribution in [0.1, 0.15) is 18.8 Å². The van der Waals surface area contributed by atoms with Gasteiger partial charge in [0, 0.05) is 64.0 Å². The van der Waals surface area contributed by atoms with E-state index in [1.54, 1.807) is 40.3 Å². The molecule has 14 heteroatoms. The highest BCUT2D eigenvalue weighted by Crippen LogP contribution is 2.34. The Hall–Kier alpha value is -9.04. The number of nitrogens with zero attached hydrogens (tertiary/aromatic N) is 8. The van der Waals surface area contributed by atoms with E-state index in [9.17, 15) is 9.59 Å². The molecule has 10 aromatic rings. The molecular weight excluding hydrogens is 869 g/mol. The first-order valence-electron chi connectivity index (χ1n) is 21.6. The van der Waals surface area contributed by atoms with Gasteiger partial charge in [-0.2, -0.15) is 10.2 Å². The van der Waals surface area contributed by atoms with E-state index in [1.807, 2.05) is 146 Å². The standard InChI is InChI=1S/2C27H22N4O3.CH4/c1-33-26(32)17-31-16-24(19-12-14-28-15-13-19)27(30-31)21-7-10-23(11-8-21)34-18-22-9-6-20-4-2-3-5-25(20)29-22;1-33-26(32)17-31-27(24(16-29-31)19-12-14-28-15-13-19)21-7-10-23(11-8-21)34-18-22-9-6-20-4-2-3-5-25(20)30-22;/h2*2-16H,17-18H2,1H3;1H4. The van der Waals surface area contributed by atoms with E-state index in [1.165, 1.54) is 14.2 Å². The predicted octanol–water partition coefficient (Wildman–Crippen LogP) is 10.5. The van der Waals surface area contributed by atoms with Crippen LogP contribution < -0.4 is 9.47 Å². The van der Waals surface area contributed by atoms with Gasteiger partial charge in [-0.25, -0.2) is 9.97 Å². The van der Waals surface area contributed by atoms with Crippen LogP contribution in [0, 0.1) is 0 Å². The van der Waals surface area contributed by atoms with Gasteiger partial charge in [0.25, 0.3) is 0 Å². The van der Waals surface area contributed by atoms with E-state index < -0.39 is 0 Å². The van der Waals surface area contributed by atoms with Gasteiger partial charge in [0.1, 0.15) is 43.5 Å². The summed E-state index contributed by atoms with van der Waals surface area (Å²) in [5, 5.41) is 11.3. The molecule has 4 aromatic carbocycles. The zero-order valence-electron chi connectivity index (χ0n) is 37.2. The molecule has 0 aliphatic rings. The summed E-state index contributed by atoms with van der Waals surface area (Å²) >= 11 is 0. The molecule has 0 N–H and O–H groups in total. The zero-order valence-corrected chi connectivity index (χ0v) is 37.2. The zero-order chi connectivity index (χ0) is 46.7. The van der Waals surface area contributed by atoms with Gasteiger partial charge in [0.2, 0.25) is 0 Å². The number of para-hydroxylation sites is 2. The maximum absolute atomic E-state index is 11.9. The topological polar surface area (TPSA) is 158 Å². The first-order chi connectivity index (χ1) is 33.4. The third-order valence-corrected chi connectivity index (χ3v) is 11.0. The van der Waals surface area contributed by atoms with Crippen molar-refractivity contribution in [3.63, 3.8) is 0 Å². The van der Waals surface area contributed by atoms with Crippen LogP contribution in [0.2, 0.25) is 0 Å². The fraction of sp³-hybridized carbons (Fsp3) is 0.127. The van der Waals surface area contributed by atoms with Crippen molar-refractivity contribution in [2.24, 2.45) is 0 Å². The molecule has 0 aliphatic carbocycles. The summed E-state index contributed by atoms with van der Waals surface area (Å²) in [6.07, 6.45) is 10.5. The summed E-state index contributed by atoms with van der Waals surface area (Å²) < 4.78 is 24.8. The summed E-state index contributed by atoms with van der Waals surface area (Å²) in [5.41, 5.74) is 10.7. The number of pyridine rings is 4. The minimum atomic E-state index is -0.367. The van der Waals surface area contributed by atoms with Crippen molar-refractivity contribution in [2.75, 3.05) is 14.2 Å². The van der Waals surface area contributed by atoms with E-state index in [0.29, 0.717) is 13.2 Å². The number of fused-ring (bicyclic) bond motifs is 2. The fourth-order valence-corrected chi connectivity index (χ4v) is 7.50. The van der Waals surface area contributed by atoms with Gasteiger partial charge in [-0.05, 0) is 108 Å². The number of hydrogen-bond acceptors (Lipinski definition) is 12. The van der Waals surface area contributed by atoms with Gasteiger partial charge >= 0.3 is 11.9 Å². The minimum absolute atomic E-state index is 0. The van der Waals surface area contributed by atoms with Crippen LogP contribution in [0.15, 0.2) is 183 Å². The first-order valence-corrected chi connectivity index (χ1v) is 21.6. The first kappa shape index (κ1) is 46.5. The van der Waals surface area contributed by atoms with Gasteiger partial charge in [-0.3, -0.25) is 28.9 Å². The number of benzene rings is 4. The van der Waals surface area contributed by atoms with Crippen LogP contribution in [0.5, 0.6) is 11.5 Å². The quantitative estimate of drug-likeness (QED) is 0.0952.